The molecule has 7 heteroatoms. The fourth-order valence-electron chi connectivity index (χ4n) is 1.32. The van der Waals surface area contributed by atoms with Crippen molar-refractivity contribution in [2.45, 2.75) is 44.1 Å². The van der Waals surface area contributed by atoms with E-state index in [1.165, 1.54) is 12.1 Å². The molecule has 0 fully saturated rings. The number of hydrogen-bond donors (Lipinski definition) is 2. The van der Waals surface area contributed by atoms with Crippen LogP contribution in [-0.2, 0) is 0 Å². The van der Waals surface area contributed by atoms with Crippen molar-refractivity contribution in [1.29, 1.82) is 0 Å². The first-order valence-corrected chi connectivity index (χ1v) is 7.63. The number of rotatable bonds is 3. The van der Waals surface area contributed by atoms with Crippen LogP contribution in [0.15, 0.2) is 29.2 Å². The topological polar surface area (TPSA) is 24.1 Å². The van der Waals surface area contributed by atoms with Crippen molar-refractivity contribution in [3.63, 3.8) is 0 Å². The molecule has 21 heavy (non-hydrogen) atoms. The van der Waals surface area contributed by atoms with Crippen LogP contribution in [0.25, 0.3) is 0 Å². The molecule has 0 unspecified atom stereocenters. The Morgan fingerprint density at radius 1 is 1.14 bits per heavy atom. The average Bonchev–Trinajstić information content (AvgIpc) is 2.28. The fraction of sp³-hybridized carbons (Fsp3) is 0.500. The van der Waals surface area contributed by atoms with Gasteiger partial charge in [-0.25, -0.2) is 0 Å². The van der Waals surface area contributed by atoms with Crippen LogP contribution in [0.2, 0.25) is 0 Å². The molecule has 0 spiro atoms. The maximum absolute atomic E-state index is 12.2. The van der Waals surface area contributed by atoms with Crippen LogP contribution in [0.1, 0.15) is 27.7 Å². The van der Waals surface area contributed by atoms with Gasteiger partial charge in [-0.1, -0.05) is 20.8 Å². The molecular formula is C14H19F3N2S2. The predicted octanol–water partition coefficient (Wildman–Crippen LogP) is 5.02. The van der Waals surface area contributed by atoms with E-state index in [0.717, 1.165) is 0 Å². The molecule has 118 valence electrons. The molecule has 0 amide bonds. The fourth-order valence-corrected chi connectivity index (χ4v) is 2.15. The van der Waals surface area contributed by atoms with E-state index in [2.05, 4.69) is 31.4 Å². The zero-order chi connectivity index (χ0) is 16.3. The standard InChI is InChI=1S/C14H19F3N2S2/c1-9(13(2,3)4)18-12(20)19-10-5-7-11(8-6-10)21-14(15,16)17/h5-9H,1-4H3,(H2,18,19,20)/t9-/m0/s1. The molecule has 2 nitrogen and oxygen atoms in total. The normalized spacial score (nSPS) is 13.7. The lowest BCUT2D eigenvalue weighted by molar-refractivity contribution is -0.0328. The summed E-state index contributed by atoms with van der Waals surface area (Å²) in [6.45, 7) is 8.31. The minimum absolute atomic E-state index is 0.0545. The van der Waals surface area contributed by atoms with Crippen molar-refractivity contribution in [2.75, 3.05) is 5.32 Å². The summed E-state index contributed by atoms with van der Waals surface area (Å²) in [7, 11) is 0. The van der Waals surface area contributed by atoms with Gasteiger partial charge < -0.3 is 10.6 Å². The third-order valence-electron chi connectivity index (χ3n) is 2.99. The first kappa shape index (κ1) is 18.1. The molecule has 0 aliphatic heterocycles. The van der Waals surface area contributed by atoms with E-state index in [9.17, 15) is 13.2 Å². The van der Waals surface area contributed by atoms with Gasteiger partial charge in [0.15, 0.2) is 5.11 Å². The average molecular weight is 336 g/mol. The summed E-state index contributed by atoms with van der Waals surface area (Å²) in [6.07, 6.45) is 0. The van der Waals surface area contributed by atoms with Crippen molar-refractivity contribution >= 4 is 34.8 Å². The van der Waals surface area contributed by atoms with Crippen molar-refractivity contribution in [3.05, 3.63) is 24.3 Å². The Hall–Kier alpha value is -0.950. The molecule has 0 aliphatic carbocycles. The summed E-state index contributed by atoms with van der Waals surface area (Å²) < 4.78 is 36.7. The van der Waals surface area contributed by atoms with Crippen LogP contribution in [-0.4, -0.2) is 16.7 Å². The van der Waals surface area contributed by atoms with E-state index in [0.29, 0.717) is 10.8 Å². The monoisotopic (exact) mass is 336 g/mol. The van der Waals surface area contributed by atoms with Crippen LogP contribution in [0, 0.1) is 5.41 Å². The largest absolute Gasteiger partial charge is 0.446 e. The van der Waals surface area contributed by atoms with E-state index in [1.807, 2.05) is 6.92 Å². The van der Waals surface area contributed by atoms with Crippen LogP contribution in [0.3, 0.4) is 0 Å². The minimum atomic E-state index is -4.27. The Balaban J connectivity index is 2.58. The number of thiocarbonyl (C=S) groups is 1. The second-order valence-electron chi connectivity index (χ2n) is 5.76. The highest BCUT2D eigenvalue weighted by atomic mass is 32.2. The van der Waals surface area contributed by atoms with Crippen molar-refractivity contribution in [2.24, 2.45) is 5.41 Å². The Bertz CT molecular complexity index is 478. The molecule has 0 saturated heterocycles. The summed E-state index contributed by atoms with van der Waals surface area (Å²) in [5.74, 6) is 0. The van der Waals surface area contributed by atoms with Gasteiger partial charge in [-0.3, -0.25) is 0 Å². The lowest BCUT2D eigenvalue weighted by Crippen LogP contribution is -2.43. The minimum Gasteiger partial charge on any atom is -0.359 e. The summed E-state index contributed by atoms with van der Waals surface area (Å²) in [4.78, 5) is 0.148. The highest BCUT2D eigenvalue weighted by molar-refractivity contribution is 8.00. The van der Waals surface area contributed by atoms with E-state index in [1.54, 1.807) is 12.1 Å². The van der Waals surface area contributed by atoms with Crippen molar-refractivity contribution in [1.82, 2.24) is 5.32 Å². The zero-order valence-corrected chi connectivity index (χ0v) is 14.0. The quantitative estimate of drug-likeness (QED) is 0.598. The first-order valence-electron chi connectivity index (χ1n) is 6.41. The van der Waals surface area contributed by atoms with E-state index in [-0.39, 0.29) is 28.1 Å². The molecule has 0 bridgehead atoms. The number of anilines is 1. The van der Waals surface area contributed by atoms with Gasteiger partial charge in [-0.2, -0.15) is 13.2 Å². The second-order valence-corrected chi connectivity index (χ2v) is 7.31. The van der Waals surface area contributed by atoms with Gasteiger partial charge in [0.25, 0.3) is 0 Å². The van der Waals surface area contributed by atoms with Gasteiger partial charge in [-0.05, 0) is 60.6 Å². The highest BCUT2D eigenvalue weighted by Gasteiger charge is 2.29. The summed E-state index contributed by atoms with van der Waals surface area (Å²) >= 11 is 5.06. The van der Waals surface area contributed by atoms with Crippen molar-refractivity contribution in [3.8, 4) is 0 Å². The number of thioether (sulfide) groups is 1. The number of benzene rings is 1. The van der Waals surface area contributed by atoms with Gasteiger partial charge in [0, 0.05) is 16.6 Å². The molecule has 1 rings (SSSR count). The van der Waals surface area contributed by atoms with Crippen molar-refractivity contribution < 1.29 is 13.2 Å². The van der Waals surface area contributed by atoms with Crippen LogP contribution in [0.4, 0.5) is 18.9 Å². The summed E-state index contributed by atoms with van der Waals surface area (Å²) in [5, 5.41) is 6.57. The van der Waals surface area contributed by atoms with Gasteiger partial charge in [0.05, 0.1) is 0 Å². The SMILES string of the molecule is C[C@H](NC(=S)Nc1ccc(SC(F)(F)F)cc1)C(C)(C)C. The van der Waals surface area contributed by atoms with Gasteiger partial charge in [-0.15, -0.1) is 0 Å². The smallest absolute Gasteiger partial charge is 0.359 e. The summed E-state index contributed by atoms with van der Waals surface area (Å²) in [5.41, 5.74) is -3.56. The Morgan fingerprint density at radius 3 is 2.10 bits per heavy atom. The molecule has 0 aromatic heterocycles. The third-order valence-corrected chi connectivity index (χ3v) is 3.95. The highest BCUT2D eigenvalue weighted by Crippen LogP contribution is 2.37. The predicted molar refractivity (Wildman–Crippen MR) is 86.6 cm³/mol. The van der Waals surface area contributed by atoms with Gasteiger partial charge in [0.2, 0.25) is 0 Å². The second kappa shape index (κ2) is 6.87. The number of alkyl halides is 3. The van der Waals surface area contributed by atoms with Gasteiger partial charge in [0.1, 0.15) is 0 Å². The maximum atomic E-state index is 12.2. The molecule has 1 atom stereocenters. The molecule has 1 aromatic carbocycles. The molecule has 1 aromatic rings. The van der Waals surface area contributed by atoms with E-state index in [4.69, 9.17) is 12.2 Å². The van der Waals surface area contributed by atoms with Crippen LogP contribution >= 0.6 is 24.0 Å². The zero-order valence-electron chi connectivity index (χ0n) is 12.3. The molecule has 0 saturated carbocycles. The molecule has 0 radical (unpaired) electrons. The van der Waals surface area contributed by atoms with Crippen LogP contribution < -0.4 is 10.6 Å². The number of halogens is 3. The number of nitrogens with one attached hydrogen (secondary N) is 2. The number of hydrogen-bond acceptors (Lipinski definition) is 2. The lowest BCUT2D eigenvalue weighted by Gasteiger charge is -2.29. The Morgan fingerprint density at radius 2 is 1.67 bits per heavy atom. The third kappa shape index (κ3) is 7.04. The van der Waals surface area contributed by atoms with Gasteiger partial charge >= 0.3 is 5.51 Å². The Labute approximate surface area is 132 Å². The van der Waals surface area contributed by atoms with Crippen LogP contribution in [0.5, 0.6) is 0 Å². The molecule has 0 heterocycles. The summed E-state index contributed by atoms with van der Waals surface area (Å²) in [6, 6.07) is 6.14. The molecule has 0 aliphatic rings. The maximum Gasteiger partial charge on any atom is 0.446 e. The van der Waals surface area contributed by atoms with E-state index < -0.39 is 5.51 Å². The first-order chi connectivity index (χ1) is 9.47. The lowest BCUT2D eigenvalue weighted by atomic mass is 9.88. The molecule has 2 N–H and O–H groups in total. The Kier molecular flexibility index (Phi) is 5.92. The van der Waals surface area contributed by atoms with E-state index >= 15 is 0 Å². The molecular weight excluding hydrogens is 317 g/mol.